The highest BCUT2D eigenvalue weighted by molar-refractivity contribution is 5.70. The fraction of sp³-hybridized carbons (Fsp3) is 0.952. The molecule has 5 nitrogen and oxygen atoms in total. The van der Waals surface area contributed by atoms with Crippen molar-refractivity contribution in [1.82, 2.24) is 0 Å². The zero-order chi connectivity index (χ0) is 19.5. The SMILES string of the molecule is CCCCCCCCCCCC[N+](C)(CCOCCO)CC(=O)OCC. The van der Waals surface area contributed by atoms with E-state index in [1.54, 1.807) is 0 Å². The van der Waals surface area contributed by atoms with Crippen LogP contribution in [0.5, 0.6) is 0 Å². The molecule has 0 aliphatic rings. The lowest BCUT2D eigenvalue weighted by molar-refractivity contribution is -0.903. The van der Waals surface area contributed by atoms with Crippen molar-refractivity contribution in [3.63, 3.8) is 0 Å². The van der Waals surface area contributed by atoms with Gasteiger partial charge in [-0.15, -0.1) is 0 Å². The summed E-state index contributed by atoms with van der Waals surface area (Å²) in [6, 6.07) is 0. The first kappa shape index (κ1) is 25.4. The fourth-order valence-corrected chi connectivity index (χ4v) is 3.22. The topological polar surface area (TPSA) is 55.8 Å². The van der Waals surface area contributed by atoms with Crippen molar-refractivity contribution in [2.24, 2.45) is 0 Å². The quantitative estimate of drug-likeness (QED) is 0.211. The smallest absolute Gasteiger partial charge is 0.361 e. The minimum absolute atomic E-state index is 0.0417. The molecule has 0 aromatic heterocycles. The molecular formula is C21H44NO4+. The van der Waals surface area contributed by atoms with Crippen molar-refractivity contribution in [3.05, 3.63) is 0 Å². The monoisotopic (exact) mass is 374 g/mol. The van der Waals surface area contributed by atoms with Gasteiger partial charge in [0.15, 0.2) is 6.54 Å². The van der Waals surface area contributed by atoms with Crippen molar-refractivity contribution in [3.8, 4) is 0 Å². The Kier molecular flexibility index (Phi) is 17.3. The van der Waals surface area contributed by atoms with Gasteiger partial charge in [0.05, 0.1) is 40.0 Å². The number of hydrogen-bond acceptors (Lipinski definition) is 4. The molecular weight excluding hydrogens is 330 g/mol. The molecule has 0 rings (SSSR count). The number of hydrogen-bond donors (Lipinski definition) is 1. The zero-order valence-electron chi connectivity index (χ0n) is 17.6. The molecule has 1 N–H and O–H groups in total. The van der Waals surface area contributed by atoms with Crippen LogP contribution in [-0.4, -0.2) is 68.7 Å². The second kappa shape index (κ2) is 17.7. The van der Waals surface area contributed by atoms with Crippen molar-refractivity contribution in [2.45, 2.75) is 78.1 Å². The maximum absolute atomic E-state index is 11.9. The molecule has 0 saturated carbocycles. The van der Waals surface area contributed by atoms with Crippen LogP contribution < -0.4 is 0 Å². The van der Waals surface area contributed by atoms with E-state index in [9.17, 15) is 4.79 Å². The van der Waals surface area contributed by atoms with E-state index in [4.69, 9.17) is 14.6 Å². The van der Waals surface area contributed by atoms with Crippen LogP contribution in [-0.2, 0) is 14.3 Å². The summed E-state index contributed by atoms with van der Waals surface area (Å²) < 4.78 is 11.2. The first-order chi connectivity index (χ1) is 12.6. The molecule has 156 valence electrons. The van der Waals surface area contributed by atoms with Crippen molar-refractivity contribution < 1.29 is 23.9 Å². The fourth-order valence-electron chi connectivity index (χ4n) is 3.22. The molecule has 0 amide bonds. The Morgan fingerprint density at radius 2 is 1.42 bits per heavy atom. The molecule has 0 aliphatic carbocycles. The molecule has 1 atom stereocenters. The normalized spacial score (nSPS) is 13.5. The average Bonchev–Trinajstić information content (AvgIpc) is 2.60. The van der Waals surface area contributed by atoms with Crippen LogP contribution in [0.2, 0.25) is 0 Å². The van der Waals surface area contributed by atoms with Crippen molar-refractivity contribution in [1.29, 1.82) is 0 Å². The third kappa shape index (κ3) is 15.6. The number of likely N-dealkylation sites (N-methyl/N-ethyl adjacent to an activating group) is 1. The maximum atomic E-state index is 11.9. The van der Waals surface area contributed by atoms with Gasteiger partial charge in [-0.25, -0.2) is 4.79 Å². The first-order valence-electron chi connectivity index (χ1n) is 10.8. The van der Waals surface area contributed by atoms with Gasteiger partial charge in [0.1, 0.15) is 6.54 Å². The molecule has 5 heteroatoms. The van der Waals surface area contributed by atoms with Crippen LogP contribution in [0.25, 0.3) is 0 Å². The second-order valence-corrected chi connectivity index (χ2v) is 7.55. The number of aliphatic hydroxyl groups is 1. The Labute approximate surface area is 161 Å². The van der Waals surface area contributed by atoms with E-state index in [2.05, 4.69) is 14.0 Å². The van der Waals surface area contributed by atoms with Gasteiger partial charge in [0.2, 0.25) is 0 Å². The molecule has 0 aliphatic heterocycles. The van der Waals surface area contributed by atoms with Crippen LogP contribution in [0.15, 0.2) is 0 Å². The van der Waals surface area contributed by atoms with E-state index in [0.29, 0.717) is 30.8 Å². The van der Waals surface area contributed by atoms with Crippen LogP contribution in [0.4, 0.5) is 0 Å². The van der Waals surface area contributed by atoms with E-state index in [-0.39, 0.29) is 12.6 Å². The van der Waals surface area contributed by atoms with E-state index in [1.807, 2.05) is 6.92 Å². The maximum Gasteiger partial charge on any atom is 0.361 e. The molecule has 0 aromatic rings. The number of esters is 1. The van der Waals surface area contributed by atoms with Crippen LogP contribution in [0, 0.1) is 0 Å². The van der Waals surface area contributed by atoms with E-state index < -0.39 is 0 Å². The summed E-state index contributed by atoms with van der Waals surface area (Å²) in [5.74, 6) is -0.135. The Hall–Kier alpha value is -0.650. The van der Waals surface area contributed by atoms with Crippen molar-refractivity contribution >= 4 is 5.97 Å². The molecule has 0 saturated heterocycles. The minimum Gasteiger partial charge on any atom is -0.462 e. The molecule has 0 bridgehead atoms. The van der Waals surface area contributed by atoms with E-state index in [0.717, 1.165) is 19.5 Å². The highest BCUT2D eigenvalue weighted by atomic mass is 16.5. The molecule has 0 aromatic carbocycles. The van der Waals surface area contributed by atoms with Gasteiger partial charge in [0, 0.05) is 0 Å². The first-order valence-corrected chi connectivity index (χ1v) is 10.8. The standard InChI is InChI=1S/C21H44NO4/c1-4-6-7-8-9-10-11-12-13-14-15-22(3,16-18-25-19-17-23)20-21(24)26-5-2/h23H,4-20H2,1-3H3/q+1. The Morgan fingerprint density at radius 3 is 1.96 bits per heavy atom. The number of aliphatic hydroxyl groups excluding tert-OH is 1. The predicted molar refractivity (Wildman–Crippen MR) is 107 cm³/mol. The lowest BCUT2D eigenvalue weighted by Gasteiger charge is -2.33. The third-order valence-electron chi connectivity index (χ3n) is 4.88. The highest BCUT2D eigenvalue weighted by Crippen LogP contribution is 2.13. The van der Waals surface area contributed by atoms with Gasteiger partial charge in [-0.3, -0.25) is 0 Å². The Balaban J connectivity index is 3.96. The number of nitrogens with zero attached hydrogens (tertiary/aromatic N) is 1. The number of unbranched alkanes of at least 4 members (excludes halogenated alkanes) is 9. The molecule has 0 spiro atoms. The third-order valence-corrected chi connectivity index (χ3v) is 4.88. The van der Waals surface area contributed by atoms with Crippen LogP contribution in [0.3, 0.4) is 0 Å². The molecule has 0 heterocycles. The van der Waals surface area contributed by atoms with Gasteiger partial charge in [-0.1, -0.05) is 58.3 Å². The van der Waals surface area contributed by atoms with Crippen molar-refractivity contribution in [2.75, 3.05) is 53.1 Å². The average molecular weight is 375 g/mol. The van der Waals surface area contributed by atoms with Gasteiger partial charge < -0.3 is 19.1 Å². The minimum atomic E-state index is -0.135. The number of ether oxygens (including phenoxy) is 2. The van der Waals surface area contributed by atoms with Gasteiger partial charge >= 0.3 is 5.97 Å². The Morgan fingerprint density at radius 1 is 0.846 bits per heavy atom. The lowest BCUT2D eigenvalue weighted by Crippen LogP contribution is -2.50. The number of rotatable bonds is 19. The summed E-state index contributed by atoms with van der Waals surface area (Å²) >= 11 is 0. The summed E-state index contributed by atoms with van der Waals surface area (Å²) in [7, 11) is 2.10. The second-order valence-electron chi connectivity index (χ2n) is 7.55. The summed E-state index contributed by atoms with van der Waals surface area (Å²) in [6.07, 6.45) is 13.2. The molecule has 0 fully saturated rings. The number of carbonyl (C=O) groups excluding carboxylic acids is 1. The van der Waals surface area contributed by atoms with Gasteiger partial charge in [-0.2, -0.15) is 0 Å². The summed E-state index contributed by atoms with van der Waals surface area (Å²) in [4.78, 5) is 11.9. The molecule has 1 unspecified atom stereocenters. The van der Waals surface area contributed by atoms with E-state index >= 15 is 0 Å². The van der Waals surface area contributed by atoms with Crippen LogP contribution in [0.1, 0.15) is 78.1 Å². The summed E-state index contributed by atoms with van der Waals surface area (Å²) in [5, 5.41) is 8.81. The summed E-state index contributed by atoms with van der Waals surface area (Å²) in [6.45, 7) is 7.63. The number of quaternary nitrogens is 1. The lowest BCUT2D eigenvalue weighted by atomic mass is 10.1. The highest BCUT2D eigenvalue weighted by Gasteiger charge is 2.25. The number of carbonyl (C=O) groups is 1. The van der Waals surface area contributed by atoms with Gasteiger partial charge in [0.25, 0.3) is 0 Å². The van der Waals surface area contributed by atoms with Gasteiger partial charge in [-0.05, 0) is 19.8 Å². The summed E-state index contributed by atoms with van der Waals surface area (Å²) in [5.41, 5.74) is 0. The van der Waals surface area contributed by atoms with E-state index in [1.165, 1.54) is 57.8 Å². The van der Waals surface area contributed by atoms with Crippen LogP contribution >= 0.6 is 0 Å². The molecule has 0 radical (unpaired) electrons. The molecule has 26 heavy (non-hydrogen) atoms. The zero-order valence-corrected chi connectivity index (χ0v) is 17.6. The Bertz CT molecular complexity index is 325. The largest absolute Gasteiger partial charge is 0.462 e. The predicted octanol–water partition coefficient (Wildman–Crippen LogP) is 3.93.